The standard InChI is InChI=1S/C25H28N2O/c26-24-17-7-8-20-27(24)25(21-28,18-9-15-22-11-3-1-4-12-22)19-10-16-23-13-5-2-6-14-23/h1-8,11-14,17,20-21,26H,9-10,15-16,18-19H2. The minimum atomic E-state index is -0.665. The SMILES string of the molecule is N=c1ccccn1C(C=O)(CCCc1ccccc1)CCCc1ccccc1. The van der Waals surface area contributed by atoms with Crippen LogP contribution in [0.3, 0.4) is 0 Å². The zero-order valence-corrected chi connectivity index (χ0v) is 16.3. The van der Waals surface area contributed by atoms with Crippen molar-refractivity contribution in [1.82, 2.24) is 4.57 Å². The predicted molar refractivity (Wildman–Crippen MR) is 113 cm³/mol. The van der Waals surface area contributed by atoms with E-state index in [2.05, 4.69) is 48.5 Å². The molecule has 0 radical (unpaired) electrons. The molecule has 0 unspecified atom stereocenters. The van der Waals surface area contributed by atoms with E-state index in [1.54, 1.807) is 6.07 Å². The van der Waals surface area contributed by atoms with Crippen molar-refractivity contribution in [2.24, 2.45) is 0 Å². The highest BCUT2D eigenvalue weighted by molar-refractivity contribution is 5.62. The number of carbonyl (C=O) groups is 1. The van der Waals surface area contributed by atoms with Gasteiger partial charge in [-0.3, -0.25) is 5.41 Å². The fourth-order valence-electron chi connectivity index (χ4n) is 3.86. The Morgan fingerprint density at radius 2 is 1.25 bits per heavy atom. The quantitative estimate of drug-likeness (QED) is 0.505. The zero-order valence-electron chi connectivity index (χ0n) is 16.3. The topological polar surface area (TPSA) is 45.9 Å². The lowest BCUT2D eigenvalue weighted by Crippen LogP contribution is -2.42. The molecular formula is C25H28N2O. The van der Waals surface area contributed by atoms with Gasteiger partial charge in [-0.2, -0.15) is 0 Å². The molecule has 1 N–H and O–H groups in total. The Hall–Kier alpha value is -2.94. The van der Waals surface area contributed by atoms with Crippen molar-refractivity contribution in [2.45, 2.75) is 44.1 Å². The number of rotatable bonds is 10. The first kappa shape index (κ1) is 19.8. The molecule has 0 amide bonds. The molecule has 3 heteroatoms. The third-order valence-electron chi connectivity index (χ3n) is 5.39. The monoisotopic (exact) mass is 372 g/mol. The number of aldehydes is 1. The Morgan fingerprint density at radius 3 is 1.71 bits per heavy atom. The summed E-state index contributed by atoms with van der Waals surface area (Å²) in [6.45, 7) is 0. The van der Waals surface area contributed by atoms with Gasteiger partial charge in [0.1, 0.15) is 17.3 Å². The van der Waals surface area contributed by atoms with Crippen molar-refractivity contribution >= 4 is 6.29 Å². The van der Waals surface area contributed by atoms with Crippen LogP contribution in [0.25, 0.3) is 0 Å². The van der Waals surface area contributed by atoms with E-state index >= 15 is 0 Å². The third kappa shape index (κ3) is 5.07. The van der Waals surface area contributed by atoms with Gasteiger partial charge < -0.3 is 9.36 Å². The summed E-state index contributed by atoms with van der Waals surface area (Å²) in [5.74, 6) is 0. The van der Waals surface area contributed by atoms with Crippen molar-refractivity contribution in [3.05, 3.63) is 102 Å². The van der Waals surface area contributed by atoms with Gasteiger partial charge in [-0.15, -0.1) is 0 Å². The molecule has 0 saturated heterocycles. The first-order chi connectivity index (χ1) is 13.7. The number of aromatic nitrogens is 1. The number of carbonyl (C=O) groups excluding carboxylic acids is 1. The number of pyridine rings is 1. The Morgan fingerprint density at radius 1 is 0.750 bits per heavy atom. The lowest BCUT2D eigenvalue weighted by atomic mass is 9.86. The molecule has 0 aliphatic rings. The summed E-state index contributed by atoms with van der Waals surface area (Å²) < 4.78 is 1.86. The minimum absolute atomic E-state index is 0.383. The lowest BCUT2D eigenvalue weighted by Gasteiger charge is -2.31. The average molecular weight is 373 g/mol. The van der Waals surface area contributed by atoms with Crippen LogP contribution in [0.4, 0.5) is 0 Å². The van der Waals surface area contributed by atoms with Gasteiger partial charge in [-0.1, -0.05) is 66.7 Å². The van der Waals surface area contributed by atoms with Gasteiger partial charge in [0, 0.05) is 6.20 Å². The second-order valence-corrected chi connectivity index (χ2v) is 7.36. The lowest BCUT2D eigenvalue weighted by molar-refractivity contribution is -0.116. The van der Waals surface area contributed by atoms with Crippen molar-refractivity contribution in [2.75, 3.05) is 0 Å². The van der Waals surface area contributed by atoms with Crippen LogP contribution in [-0.2, 0) is 23.2 Å². The summed E-state index contributed by atoms with van der Waals surface area (Å²) in [5.41, 5.74) is 2.29. The van der Waals surface area contributed by atoms with E-state index in [0.29, 0.717) is 5.49 Å². The maximum Gasteiger partial charge on any atom is 0.145 e. The maximum absolute atomic E-state index is 12.4. The number of nitrogens with one attached hydrogen (secondary N) is 1. The van der Waals surface area contributed by atoms with Crippen molar-refractivity contribution in [1.29, 1.82) is 5.41 Å². The van der Waals surface area contributed by atoms with Crippen molar-refractivity contribution in [3.63, 3.8) is 0 Å². The smallest absolute Gasteiger partial charge is 0.145 e. The number of nitrogens with zero attached hydrogens (tertiary/aromatic N) is 1. The second kappa shape index (κ2) is 9.84. The van der Waals surface area contributed by atoms with Crippen LogP contribution in [0.5, 0.6) is 0 Å². The molecular weight excluding hydrogens is 344 g/mol. The van der Waals surface area contributed by atoms with Crippen LogP contribution in [0.15, 0.2) is 85.1 Å². The summed E-state index contributed by atoms with van der Waals surface area (Å²) in [7, 11) is 0. The van der Waals surface area contributed by atoms with Gasteiger partial charge in [0.15, 0.2) is 0 Å². The first-order valence-electron chi connectivity index (χ1n) is 10.0. The molecule has 1 heterocycles. The molecule has 3 nitrogen and oxygen atoms in total. The van der Waals surface area contributed by atoms with Gasteiger partial charge in [0.2, 0.25) is 0 Å². The Balaban J connectivity index is 1.75. The van der Waals surface area contributed by atoms with E-state index in [9.17, 15) is 4.79 Å². The maximum atomic E-state index is 12.4. The summed E-state index contributed by atoms with van der Waals surface area (Å²) in [6, 6.07) is 26.3. The summed E-state index contributed by atoms with van der Waals surface area (Å²) >= 11 is 0. The van der Waals surface area contributed by atoms with E-state index in [4.69, 9.17) is 5.41 Å². The van der Waals surface area contributed by atoms with Crippen LogP contribution in [0.1, 0.15) is 36.8 Å². The Bertz CT molecular complexity index is 870. The first-order valence-corrected chi connectivity index (χ1v) is 10.0. The van der Waals surface area contributed by atoms with Crippen molar-refractivity contribution in [3.8, 4) is 0 Å². The number of benzene rings is 2. The highest BCUT2D eigenvalue weighted by Gasteiger charge is 2.30. The Labute approximate surface area is 167 Å². The molecule has 28 heavy (non-hydrogen) atoms. The van der Waals surface area contributed by atoms with E-state index in [1.165, 1.54) is 11.1 Å². The van der Waals surface area contributed by atoms with Crippen LogP contribution in [0.2, 0.25) is 0 Å². The van der Waals surface area contributed by atoms with E-state index in [0.717, 1.165) is 44.8 Å². The Kier molecular flexibility index (Phi) is 6.96. The molecule has 0 aliphatic carbocycles. The van der Waals surface area contributed by atoms with Crippen LogP contribution in [0, 0.1) is 5.41 Å². The van der Waals surface area contributed by atoms with E-state index < -0.39 is 5.54 Å². The molecule has 2 aromatic carbocycles. The third-order valence-corrected chi connectivity index (χ3v) is 5.39. The van der Waals surface area contributed by atoms with E-state index in [1.807, 2.05) is 35.0 Å². The molecule has 0 atom stereocenters. The molecule has 0 bridgehead atoms. The second-order valence-electron chi connectivity index (χ2n) is 7.36. The summed E-state index contributed by atoms with van der Waals surface area (Å²) in [6.07, 6.45) is 8.13. The van der Waals surface area contributed by atoms with Crippen LogP contribution < -0.4 is 5.49 Å². The summed E-state index contributed by atoms with van der Waals surface area (Å²) in [5, 5.41) is 8.33. The predicted octanol–water partition coefficient (Wildman–Crippen LogP) is 4.91. The molecule has 0 fully saturated rings. The fourth-order valence-corrected chi connectivity index (χ4v) is 3.86. The van der Waals surface area contributed by atoms with Gasteiger partial charge in [-0.25, -0.2) is 0 Å². The normalized spacial score (nSPS) is 11.3. The van der Waals surface area contributed by atoms with Crippen LogP contribution >= 0.6 is 0 Å². The highest BCUT2D eigenvalue weighted by atomic mass is 16.1. The number of hydrogen-bond acceptors (Lipinski definition) is 2. The van der Waals surface area contributed by atoms with E-state index in [-0.39, 0.29) is 0 Å². The fraction of sp³-hybridized carbons (Fsp3) is 0.280. The molecule has 0 spiro atoms. The van der Waals surface area contributed by atoms with Gasteiger partial charge in [0.25, 0.3) is 0 Å². The van der Waals surface area contributed by atoms with Gasteiger partial charge in [0.05, 0.1) is 0 Å². The molecule has 144 valence electrons. The van der Waals surface area contributed by atoms with Crippen molar-refractivity contribution < 1.29 is 4.79 Å². The van der Waals surface area contributed by atoms with Crippen LogP contribution in [-0.4, -0.2) is 10.9 Å². The summed E-state index contributed by atoms with van der Waals surface area (Å²) in [4.78, 5) is 12.4. The zero-order chi connectivity index (χ0) is 19.7. The number of hydrogen-bond donors (Lipinski definition) is 1. The molecule has 0 saturated carbocycles. The minimum Gasteiger partial charge on any atom is -0.321 e. The molecule has 0 aliphatic heterocycles. The average Bonchev–Trinajstić information content (AvgIpc) is 2.75. The van der Waals surface area contributed by atoms with Gasteiger partial charge in [-0.05, 0) is 61.8 Å². The molecule has 3 rings (SSSR count). The van der Waals surface area contributed by atoms with Gasteiger partial charge >= 0.3 is 0 Å². The molecule has 3 aromatic rings. The molecule has 1 aromatic heterocycles. The highest BCUT2D eigenvalue weighted by Crippen LogP contribution is 2.27. The number of aryl methyl sites for hydroxylation is 2. The largest absolute Gasteiger partial charge is 0.321 e.